The molecule has 2 N–H and O–H groups in total. The number of hydrogen-bond donors (Lipinski definition) is 1. The van der Waals surface area contributed by atoms with Crippen molar-refractivity contribution in [2.24, 2.45) is 5.73 Å². The Labute approximate surface area is 131 Å². The van der Waals surface area contributed by atoms with E-state index in [1.165, 1.54) is 0 Å². The van der Waals surface area contributed by atoms with Crippen LogP contribution in [-0.2, 0) is 4.74 Å². The Hall–Kier alpha value is -0.320. The Morgan fingerprint density at radius 1 is 1.45 bits per heavy atom. The molecule has 1 aromatic carbocycles. The molecule has 3 nitrogen and oxygen atoms in total. The molecule has 0 spiro atoms. The fourth-order valence-corrected chi connectivity index (χ4v) is 2.96. The standard InChI is InChI=1S/C15H22Cl2N2O/c1-2-11-10-19(8-9-20-11)7-6-14(18)12-4-3-5-13(16)15(12)17/h3-5,11,14H,2,6-10,18H2,1H3. The van der Waals surface area contributed by atoms with E-state index in [4.69, 9.17) is 33.7 Å². The summed E-state index contributed by atoms with van der Waals surface area (Å²) < 4.78 is 5.67. The van der Waals surface area contributed by atoms with E-state index >= 15 is 0 Å². The third kappa shape index (κ3) is 4.09. The van der Waals surface area contributed by atoms with Gasteiger partial charge in [-0.25, -0.2) is 0 Å². The fourth-order valence-electron chi connectivity index (χ4n) is 2.51. The third-order valence-corrected chi connectivity index (χ3v) is 4.65. The molecule has 5 heteroatoms. The molecule has 0 radical (unpaired) electrons. The summed E-state index contributed by atoms with van der Waals surface area (Å²) >= 11 is 12.2. The van der Waals surface area contributed by atoms with Crippen molar-refractivity contribution < 1.29 is 4.74 Å². The average Bonchev–Trinajstić information content (AvgIpc) is 2.48. The zero-order valence-electron chi connectivity index (χ0n) is 11.8. The summed E-state index contributed by atoms with van der Waals surface area (Å²) in [5, 5.41) is 1.15. The lowest BCUT2D eigenvalue weighted by atomic mass is 10.0. The molecule has 2 rings (SSSR count). The van der Waals surface area contributed by atoms with E-state index in [9.17, 15) is 0 Å². The maximum Gasteiger partial charge on any atom is 0.0700 e. The summed E-state index contributed by atoms with van der Waals surface area (Å²) in [5.74, 6) is 0. The highest BCUT2D eigenvalue weighted by Gasteiger charge is 2.20. The Kier molecular flexibility index (Phi) is 6.12. The minimum Gasteiger partial charge on any atom is -0.376 e. The number of ether oxygens (including phenoxy) is 1. The van der Waals surface area contributed by atoms with Crippen LogP contribution in [0.25, 0.3) is 0 Å². The molecule has 20 heavy (non-hydrogen) atoms. The number of rotatable bonds is 5. The highest BCUT2D eigenvalue weighted by atomic mass is 35.5. The molecular weight excluding hydrogens is 295 g/mol. The number of halogens is 2. The van der Waals surface area contributed by atoms with Gasteiger partial charge in [-0.2, -0.15) is 0 Å². The first-order valence-corrected chi connectivity index (χ1v) is 7.90. The van der Waals surface area contributed by atoms with Crippen LogP contribution >= 0.6 is 23.2 Å². The largest absolute Gasteiger partial charge is 0.376 e. The van der Waals surface area contributed by atoms with E-state index in [1.54, 1.807) is 6.07 Å². The summed E-state index contributed by atoms with van der Waals surface area (Å²) in [6, 6.07) is 5.55. The predicted molar refractivity (Wildman–Crippen MR) is 84.5 cm³/mol. The van der Waals surface area contributed by atoms with Gasteiger partial charge >= 0.3 is 0 Å². The third-order valence-electron chi connectivity index (χ3n) is 3.82. The van der Waals surface area contributed by atoms with Gasteiger partial charge in [0, 0.05) is 25.7 Å². The lowest BCUT2D eigenvalue weighted by Gasteiger charge is -2.33. The number of benzene rings is 1. The van der Waals surface area contributed by atoms with Crippen molar-refractivity contribution in [1.82, 2.24) is 4.90 Å². The lowest BCUT2D eigenvalue weighted by Crippen LogP contribution is -2.43. The van der Waals surface area contributed by atoms with Crippen LogP contribution in [0.1, 0.15) is 31.4 Å². The molecule has 1 saturated heterocycles. The molecule has 1 aliphatic heterocycles. The fraction of sp³-hybridized carbons (Fsp3) is 0.600. The molecule has 2 atom stereocenters. The molecule has 0 amide bonds. The summed E-state index contributed by atoms with van der Waals surface area (Å²) in [4.78, 5) is 2.41. The van der Waals surface area contributed by atoms with E-state index in [2.05, 4.69) is 11.8 Å². The number of nitrogens with two attached hydrogens (primary N) is 1. The van der Waals surface area contributed by atoms with Crippen molar-refractivity contribution in [2.45, 2.75) is 31.9 Å². The molecule has 112 valence electrons. The topological polar surface area (TPSA) is 38.5 Å². The van der Waals surface area contributed by atoms with Crippen LogP contribution in [0.4, 0.5) is 0 Å². The Balaban J connectivity index is 1.88. The second-order valence-electron chi connectivity index (χ2n) is 5.24. The van der Waals surface area contributed by atoms with Gasteiger partial charge in [0.2, 0.25) is 0 Å². The van der Waals surface area contributed by atoms with Crippen molar-refractivity contribution in [3.8, 4) is 0 Å². The van der Waals surface area contributed by atoms with Crippen molar-refractivity contribution in [3.05, 3.63) is 33.8 Å². The van der Waals surface area contributed by atoms with Crippen LogP contribution in [0.15, 0.2) is 18.2 Å². The van der Waals surface area contributed by atoms with Gasteiger partial charge in [0.25, 0.3) is 0 Å². The number of hydrogen-bond acceptors (Lipinski definition) is 3. The highest BCUT2D eigenvalue weighted by Crippen LogP contribution is 2.30. The molecule has 0 saturated carbocycles. The number of morpholine rings is 1. The summed E-state index contributed by atoms with van der Waals surface area (Å²) in [6.07, 6.45) is 2.29. The minimum atomic E-state index is -0.0795. The quantitative estimate of drug-likeness (QED) is 0.903. The maximum absolute atomic E-state index is 6.25. The van der Waals surface area contributed by atoms with E-state index < -0.39 is 0 Å². The van der Waals surface area contributed by atoms with E-state index in [0.717, 1.165) is 44.6 Å². The molecule has 1 aliphatic rings. The second-order valence-corrected chi connectivity index (χ2v) is 6.03. The summed E-state index contributed by atoms with van der Waals surface area (Å²) in [5.41, 5.74) is 7.18. The molecule has 1 fully saturated rings. The second kappa shape index (κ2) is 7.62. The molecular formula is C15H22Cl2N2O. The van der Waals surface area contributed by atoms with Crippen LogP contribution in [0.3, 0.4) is 0 Å². The van der Waals surface area contributed by atoms with Gasteiger partial charge in [-0.15, -0.1) is 0 Å². The van der Waals surface area contributed by atoms with Gasteiger partial charge in [-0.3, -0.25) is 4.90 Å². The zero-order chi connectivity index (χ0) is 14.5. The van der Waals surface area contributed by atoms with E-state index in [0.29, 0.717) is 16.1 Å². The van der Waals surface area contributed by atoms with Gasteiger partial charge in [0.05, 0.1) is 22.8 Å². The molecule has 1 heterocycles. The molecule has 2 unspecified atom stereocenters. The first-order chi connectivity index (χ1) is 9.61. The van der Waals surface area contributed by atoms with Gasteiger partial charge in [0.1, 0.15) is 0 Å². The van der Waals surface area contributed by atoms with Crippen LogP contribution in [0, 0.1) is 0 Å². The van der Waals surface area contributed by atoms with Crippen LogP contribution < -0.4 is 5.73 Å². The SMILES string of the molecule is CCC1CN(CCC(N)c2cccc(Cl)c2Cl)CCO1. The minimum absolute atomic E-state index is 0.0795. The number of nitrogens with zero attached hydrogens (tertiary/aromatic N) is 1. The molecule has 0 bridgehead atoms. The molecule has 1 aromatic rings. The smallest absolute Gasteiger partial charge is 0.0700 e. The van der Waals surface area contributed by atoms with E-state index in [-0.39, 0.29) is 6.04 Å². The summed E-state index contributed by atoms with van der Waals surface area (Å²) in [6.45, 7) is 5.90. The normalized spacial score (nSPS) is 21.9. The first kappa shape index (κ1) is 16.1. The first-order valence-electron chi connectivity index (χ1n) is 7.15. The van der Waals surface area contributed by atoms with Crippen LogP contribution in [0.5, 0.6) is 0 Å². The van der Waals surface area contributed by atoms with E-state index in [1.807, 2.05) is 12.1 Å². The van der Waals surface area contributed by atoms with Crippen molar-refractivity contribution >= 4 is 23.2 Å². The van der Waals surface area contributed by atoms with Crippen molar-refractivity contribution in [3.63, 3.8) is 0 Å². The molecule has 0 aromatic heterocycles. The Morgan fingerprint density at radius 3 is 3.00 bits per heavy atom. The lowest BCUT2D eigenvalue weighted by molar-refractivity contribution is -0.0302. The highest BCUT2D eigenvalue weighted by molar-refractivity contribution is 6.42. The van der Waals surface area contributed by atoms with Gasteiger partial charge in [-0.05, 0) is 24.5 Å². The summed E-state index contributed by atoms with van der Waals surface area (Å²) in [7, 11) is 0. The van der Waals surface area contributed by atoms with Crippen molar-refractivity contribution in [1.29, 1.82) is 0 Å². The monoisotopic (exact) mass is 316 g/mol. The van der Waals surface area contributed by atoms with Gasteiger partial charge in [-0.1, -0.05) is 42.3 Å². The van der Waals surface area contributed by atoms with Crippen molar-refractivity contribution in [2.75, 3.05) is 26.2 Å². The Bertz CT molecular complexity index is 442. The molecule has 0 aliphatic carbocycles. The zero-order valence-corrected chi connectivity index (χ0v) is 13.3. The van der Waals surface area contributed by atoms with Crippen LogP contribution in [0.2, 0.25) is 10.0 Å². The predicted octanol–water partition coefficient (Wildman–Crippen LogP) is 3.49. The van der Waals surface area contributed by atoms with Crippen LogP contribution in [-0.4, -0.2) is 37.2 Å². The maximum atomic E-state index is 6.25. The Morgan fingerprint density at radius 2 is 2.25 bits per heavy atom. The van der Waals surface area contributed by atoms with Gasteiger partial charge < -0.3 is 10.5 Å². The van der Waals surface area contributed by atoms with Gasteiger partial charge in [0.15, 0.2) is 0 Å². The average molecular weight is 317 g/mol.